The molecule has 0 aromatic carbocycles. The highest BCUT2D eigenvalue weighted by Gasteiger charge is 2.27. The molecule has 0 saturated carbocycles. The minimum atomic E-state index is -0.184. The van der Waals surface area contributed by atoms with Crippen LogP contribution in [0.4, 0.5) is 0 Å². The van der Waals surface area contributed by atoms with Gasteiger partial charge in [-0.15, -0.1) is 0 Å². The lowest BCUT2D eigenvalue weighted by Crippen LogP contribution is -2.46. The van der Waals surface area contributed by atoms with Gasteiger partial charge in [0.1, 0.15) is 0 Å². The lowest BCUT2D eigenvalue weighted by atomic mass is 9.92. The fourth-order valence-corrected chi connectivity index (χ4v) is 2.57. The van der Waals surface area contributed by atoms with E-state index < -0.39 is 0 Å². The van der Waals surface area contributed by atoms with Crippen LogP contribution in [0.1, 0.15) is 45.4 Å². The van der Waals surface area contributed by atoms with Crippen LogP contribution < -0.4 is 17.0 Å². The molecule has 2 unspecified atom stereocenters. The molecule has 0 spiro atoms. The minimum absolute atomic E-state index is 0.000724. The van der Waals surface area contributed by atoms with E-state index >= 15 is 0 Å². The Hall–Kier alpha value is -1.14. The maximum absolute atomic E-state index is 11.2. The molecular formula is C13H26N4O2. The maximum Gasteiger partial charge on any atom is 0.233 e. The van der Waals surface area contributed by atoms with Gasteiger partial charge in [-0.25, -0.2) is 5.84 Å². The smallest absolute Gasteiger partial charge is 0.233 e. The van der Waals surface area contributed by atoms with E-state index in [2.05, 4.69) is 17.2 Å². The first kappa shape index (κ1) is 15.9. The number of amides is 2. The van der Waals surface area contributed by atoms with Crippen molar-refractivity contribution < 1.29 is 9.59 Å². The third-order valence-electron chi connectivity index (χ3n) is 3.92. The Morgan fingerprint density at radius 2 is 2.00 bits per heavy atom. The van der Waals surface area contributed by atoms with E-state index in [1.54, 1.807) is 0 Å². The number of hydrazine groups is 1. The SMILES string of the molecule is CC1CCC(C(N)=O)CN1CCCCCC(=O)NN. The molecule has 1 rings (SSSR count). The van der Waals surface area contributed by atoms with Crippen molar-refractivity contribution in [2.45, 2.75) is 51.5 Å². The standard InChI is InChI=1S/C13H26N4O2/c1-10-6-7-11(13(14)19)9-17(10)8-4-2-3-5-12(18)16-15/h10-11H,2-9,15H2,1H3,(H2,14,19)(H,16,18). The Labute approximate surface area is 114 Å². The number of carbonyl (C=O) groups is 2. The van der Waals surface area contributed by atoms with Gasteiger partial charge in [-0.2, -0.15) is 0 Å². The Morgan fingerprint density at radius 3 is 2.63 bits per heavy atom. The summed E-state index contributed by atoms with van der Waals surface area (Å²) in [5, 5.41) is 0. The lowest BCUT2D eigenvalue weighted by molar-refractivity contribution is -0.124. The Balaban J connectivity index is 2.19. The fourth-order valence-electron chi connectivity index (χ4n) is 2.57. The Kier molecular flexibility index (Phi) is 6.80. The zero-order valence-corrected chi connectivity index (χ0v) is 11.7. The molecule has 0 aliphatic carbocycles. The molecule has 2 amide bonds. The third kappa shape index (κ3) is 5.57. The quantitative estimate of drug-likeness (QED) is 0.265. The number of primary amides is 1. The van der Waals surface area contributed by atoms with E-state index in [1.165, 1.54) is 0 Å². The highest BCUT2D eigenvalue weighted by Crippen LogP contribution is 2.22. The molecule has 0 bridgehead atoms. The predicted molar refractivity (Wildman–Crippen MR) is 73.8 cm³/mol. The molecular weight excluding hydrogens is 244 g/mol. The van der Waals surface area contributed by atoms with E-state index in [4.69, 9.17) is 11.6 Å². The lowest BCUT2D eigenvalue weighted by Gasteiger charge is -2.36. The van der Waals surface area contributed by atoms with Gasteiger partial charge >= 0.3 is 0 Å². The number of carbonyl (C=O) groups excluding carboxylic acids is 2. The summed E-state index contributed by atoms with van der Waals surface area (Å²) in [6, 6.07) is 0.517. The molecule has 1 aliphatic rings. The van der Waals surface area contributed by atoms with Crippen molar-refractivity contribution in [2.75, 3.05) is 13.1 Å². The zero-order valence-electron chi connectivity index (χ0n) is 11.7. The highest BCUT2D eigenvalue weighted by atomic mass is 16.2. The summed E-state index contributed by atoms with van der Waals surface area (Å²) in [7, 11) is 0. The minimum Gasteiger partial charge on any atom is -0.369 e. The van der Waals surface area contributed by atoms with Gasteiger partial charge in [-0.1, -0.05) is 6.42 Å². The van der Waals surface area contributed by atoms with E-state index in [0.29, 0.717) is 12.5 Å². The van der Waals surface area contributed by atoms with Gasteiger partial charge in [-0.3, -0.25) is 19.9 Å². The van der Waals surface area contributed by atoms with Gasteiger partial charge in [0.05, 0.1) is 5.92 Å². The van der Waals surface area contributed by atoms with Gasteiger partial charge in [0.2, 0.25) is 11.8 Å². The van der Waals surface area contributed by atoms with Crippen LogP contribution in [0.5, 0.6) is 0 Å². The van der Waals surface area contributed by atoms with Crippen LogP contribution in [0, 0.1) is 5.92 Å². The molecule has 0 aromatic heterocycles. The molecule has 1 aliphatic heterocycles. The average Bonchev–Trinajstić information content (AvgIpc) is 2.39. The molecule has 1 heterocycles. The summed E-state index contributed by atoms with van der Waals surface area (Å²) >= 11 is 0. The molecule has 1 fully saturated rings. The first-order valence-electron chi connectivity index (χ1n) is 7.07. The number of nitrogens with zero attached hydrogens (tertiary/aromatic N) is 1. The van der Waals surface area contributed by atoms with Crippen molar-refractivity contribution >= 4 is 11.8 Å². The molecule has 0 radical (unpaired) electrons. The molecule has 19 heavy (non-hydrogen) atoms. The molecule has 6 nitrogen and oxygen atoms in total. The van der Waals surface area contributed by atoms with E-state index in [1.807, 2.05) is 0 Å². The van der Waals surface area contributed by atoms with Gasteiger partial charge < -0.3 is 5.73 Å². The van der Waals surface area contributed by atoms with Crippen LogP contribution in [0.3, 0.4) is 0 Å². The van der Waals surface area contributed by atoms with Crippen LogP contribution >= 0.6 is 0 Å². The summed E-state index contributed by atoms with van der Waals surface area (Å²) in [5.74, 6) is 4.72. The number of likely N-dealkylation sites (tertiary alicyclic amines) is 1. The topological polar surface area (TPSA) is 101 Å². The number of hydrogen-bond acceptors (Lipinski definition) is 4. The zero-order chi connectivity index (χ0) is 14.3. The molecule has 0 aromatic rings. The van der Waals surface area contributed by atoms with Gasteiger partial charge in [0, 0.05) is 19.0 Å². The number of rotatable bonds is 7. The van der Waals surface area contributed by atoms with Crippen molar-refractivity contribution in [2.24, 2.45) is 17.5 Å². The van der Waals surface area contributed by atoms with Crippen LogP contribution in [-0.4, -0.2) is 35.8 Å². The molecule has 2 atom stereocenters. The van der Waals surface area contributed by atoms with Crippen molar-refractivity contribution in [1.82, 2.24) is 10.3 Å². The summed E-state index contributed by atoms with van der Waals surface area (Å²) in [6.07, 6.45) is 5.30. The third-order valence-corrected chi connectivity index (χ3v) is 3.92. The number of piperidine rings is 1. The highest BCUT2D eigenvalue weighted by molar-refractivity contribution is 5.77. The van der Waals surface area contributed by atoms with Gasteiger partial charge in [0.25, 0.3) is 0 Å². The summed E-state index contributed by atoms with van der Waals surface area (Å²) < 4.78 is 0. The number of unbranched alkanes of at least 4 members (excludes halogenated alkanes) is 2. The summed E-state index contributed by atoms with van der Waals surface area (Å²) in [5.41, 5.74) is 7.51. The van der Waals surface area contributed by atoms with E-state index in [0.717, 1.165) is 45.2 Å². The second-order valence-corrected chi connectivity index (χ2v) is 5.40. The number of hydrogen-bond donors (Lipinski definition) is 3. The van der Waals surface area contributed by atoms with Gasteiger partial charge in [-0.05, 0) is 39.2 Å². The number of nitrogens with one attached hydrogen (secondary N) is 1. The van der Waals surface area contributed by atoms with Crippen molar-refractivity contribution in [3.63, 3.8) is 0 Å². The number of nitrogens with two attached hydrogens (primary N) is 2. The van der Waals surface area contributed by atoms with Crippen molar-refractivity contribution in [3.05, 3.63) is 0 Å². The van der Waals surface area contributed by atoms with Crippen molar-refractivity contribution in [3.8, 4) is 0 Å². The first-order valence-corrected chi connectivity index (χ1v) is 7.07. The molecule has 110 valence electrons. The average molecular weight is 270 g/mol. The summed E-state index contributed by atoms with van der Waals surface area (Å²) in [6.45, 7) is 3.94. The van der Waals surface area contributed by atoms with E-state index in [-0.39, 0.29) is 17.7 Å². The molecule has 5 N–H and O–H groups in total. The normalized spacial score (nSPS) is 24.1. The van der Waals surface area contributed by atoms with Crippen LogP contribution in [-0.2, 0) is 9.59 Å². The molecule has 1 saturated heterocycles. The van der Waals surface area contributed by atoms with Crippen LogP contribution in [0.2, 0.25) is 0 Å². The maximum atomic E-state index is 11.2. The van der Waals surface area contributed by atoms with Crippen LogP contribution in [0.15, 0.2) is 0 Å². The van der Waals surface area contributed by atoms with Crippen molar-refractivity contribution in [1.29, 1.82) is 0 Å². The predicted octanol–water partition coefficient (Wildman–Crippen LogP) is 0.123. The fraction of sp³-hybridized carbons (Fsp3) is 0.846. The second kappa shape index (κ2) is 8.12. The monoisotopic (exact) mass is 270 g/mol. The van der Waals surface area contributed by atoms with E-state index in [9.17, 15) is 9.59 Å². The second-order valence-electron chi connectivity index (χ2n) is 5.40. The first-order chi connectivity index (χ1) is 9.04. The van der Waals surface area contributed by atoms with Gasteiger partial charge in [0.15, 0.2) is 0 Å². The van der Waals surface area contributed by atoms with Crippen LogP contribution in [0.25, 0.3) is 0 Å². The molecule has 6 heteroatoms. The summed E-state index contributed by atoms with van der Waals surface area (Å²) in [4.78, 5) is 24.5. The largest absolute Gasteiger partial charge is 0.369 e. The Morgan fingerprint density at radius 1 is 1.26 bits per heavy atom. The Bertz CT molecular complexity index is 309.